The van der Waals surface area contributed by atoms with Crippen LogP contribution < -0.4 is 5.32 Å². The van der Waals surface area contributed by atoms with Crippen LogP contribution in [0.25, 0.3) is 0 Å². The van der Waals surface area contributed by atoms with Crippen molar-refractivity contribution in [3.05, 3.63) is 65.2 Å². The summed E-state index contributed by atoms with van der Waals surface area (Å²) in [6, 6.07) is 14.0. The number of aliphatic hydroxyl groups is 2. The summed E-state index contributed by atoms with van der Waals surface area (Å²) in [5, 5.41) is 20.5. The molecule has 0 aliphatic heterocycles. The SMILES string of the molecule is O=C(Nc1ccc(CO)cc1)OCc1ccc(CO)cc1. The van der Waals surface area contributed by atoms with E-state index in [0.29, 0.717) is 5.69 Å². The number of aliphatic hydroxyl groups excluding tert-OH is 2. The Labute approximate surface area is 122 Å². The smallest absolute Gasteiger partial charge is 0.411 e. The molecule has 0 aliphatic carbocycles. The maximum Gasteiger partial charge on any atom is 0.411 e. The molecule has 0 spiro atoms. The van der Waals surface area contributed by atoms with Gasteiger partial charge in [0, 0.05) is 5.69 Å². The predicted molar refractivity (Wildman–Crippen MR) is 78.5 cm³/mol. The quantitative estimate of drug-likeness (QED) is 0.789. The molecule has 5 heteroatoms. The van der Waals surface area contributed by atoms with E-state index in [1.165, 1.54) is 0 Å². The van der Waals surface area contributed by atoms with E-state index in [2.05, 4.69) is 5.32 Å². The highest BCUT2D eigenvalue weighted by Crippen LogP contribution is 2.11. The van der Waals surface area contributed by atoms with Crippen molar-refractivity contribution in [2.75, 3.05) is 5.32 Å². The zero-order chi connectivity index (χ0) is 15.1. The third kappa shape index (κ3) is 4.59. The second kappa shape index (κ2) is 7.42. The summed E-state index contributed by atoms with van der Waals surface area (Å²) in [6.07, 6.45) is -0.544. The third-order valence-electron chi connectivity index (χ3n) is 2.96. The van der Waals surface area contributed by atoms with E-state index in [1.807, 2.05) is 0 Å². The number of nitrogens with one attached hydrogen (secondary N) is 1. The summed E-state index contributed by atoms with van der Waals surface area (Å²) < 4.78 is 5.10. The number of amides is 1. The second-order valence-corrected chi connectivity index (χ2v) is 4.53. The maximum atomic E-state index is 11.6. The summed E-state index contributed by atoms with van der Waals surface area (Å²) >= 11 is 0. The van der Waals surface area contributed by atoms with Gasteiger partial charge >= 0.3 is 6.09 Å². The minimum Gasteiger partial charge on any atom is -0.444 e. The van der Waals surface area contributed by atoms with Gasteiger partial charge < -0.3 is 14.9 Å². The Hall–Kier alpha value is -2.37. The van der Waals surface area contributed by atoms with Crippen LogP contribution in [0.5, 0.6) is 0 Å². The summed E-state index contributed by atoms with van der Waals surface area (Å²) in [7, 11) is 0. The molecule has 0 heterocycles. The predicted octanol–water partition coefficient (Wildman–Crippen LogP) is 2.42. The number of anilines is 1. The molecule has 0 radical (unpaired) electrons. The molecule has 0 bridgehead atoms. The zero-order valence-corrected chi connectivity index (χ0v) is 11.5. The summed E-state index contributed by atoms with van der Waals surface area (Å²) in [5.41, 5.74) is 3.04. The van der Waals surface area contributed by atoms with Gasteiger partial charge in [0.05, 0.1) is 13.2 Å². The molecule has 2 rings (SSSR count). The Morgan fingerprint density at radius 1 is 0.857 bits per heavy atom. The van der Waals surface area contributed by atoms with Crippen molar-refractivity contribution in [3.63, 3.8) is 0 Å². The van der Waals surface area contributed by atoms with Crippen molar-refractivity contribution in [2.45, 2.75) is 19.8 Å². The fraction of sp³-hybridized carbons (Fsp3) is 0.188. The number of rotatable bonds is 5. The summed E-state index contributed by atoms with van der Waals surface area (Å²) in [5.74, 6) is 0. The van der Waals surface area contributed by atoms with Crippen molar-refractivity contribution in [3.8, 4) is 0 Å². The van der Waals surface area contributed by atoms with Crippen molar-refractivity contribution >= 4 is 11.8 Å². The monoisotopic (exact) mass is 287 g/mol. The molecule has 0 aromatic heterocycles. The Morgan fingerprint density at radius 3 is 1.86 bits per heavy atom. The highest BCUT2D eigenvalue weighted by Gasteiger charge is 2.04. The first kappa shape index (κ1) is 15.0. The first-order valence-electron chi connectivity index (χ1n) is 6.53. The van der Waals surface area contributed by atoms with Crippen molar-refractivity contribution in [1.29, 1.82) is 0 Å². The molecule has 2 aromatic carbocycles. The molecule has 0 saturated heterocycles. The van der Waals surface area contributed by atoms with Gasteiger partial charge in [-0.25, -0.2) is 4.79 Å². The minimum absolute atomic E-state index is 0.00847. The van der Waals surface area contributed by atoms with Crippen LogP contribution in [0.2, 0.25) is 0 Å². The molecular formula is C16H17NO4. The summed E-state index contributed by atoms with van der Waals surface area (Å²) in [4.78, 5) is 11.6. The van der Waals surface area contributed by atoms with Crippen LogP contribution in [0.1, 0.15) is 16.7 Å². The molecule has 110 valence electrons. The number of ether oxygens (including phenoxy) is 1. The molecule has 5 nitrogen and oxygen atoms in total. The number of carbonyl (C=O) groups excluding carboxylic acids is 1. The zero-order valence-electron chi connectivity index (χ0n) is 11.5. The van der Waals surface area contributed by atoms with E-state index in [0.717, 1.165) is 16.7 Å². The topological polar surface area (TPSA) is 78.8 Å². The molecule has 0 saturated carbocycles. The van der Waals surface area contributed by atoms with Crippen molar-refractivity contribution in [2.24, 2.45) is 0 Å². The average Bonchev–Trinajstić information content (AvgIpc) is 2.54. The fourth-order valence-electron chi connectivity index (χ4n) is 1.74. The lowest BCUT2D eigenvalue weighted by Gasteiger charge is -2.08. The molecule has 3 N–H and O–H groups in total. The molecule has 21 heavy (non-hydrogen) atoms. The lowest BCUT2D eigenvalue weighted by atomic mass is 10.1. The van der Waals surface area contributed by atoms with E-state index in [-0.39, 0.29) is 19.8 Å². The highest BCUT2D eigenvalue weighted by molar-refractivity contribution is 5.84. The van der Waals surface area contributed by atoms with E-state index in [9.17, 15) is 4.79 Å². The summed E-state index contributed by atoms with van der Waals surface area (Å²) in [6.45, 7) is 0.117. The number of hydrogen-bond donors (Lipinski definition) is 3. The van der Waals surface area contributed by atoms with Gasteiger partial charge in [0.25, 0.3) is 0 Å². The van der Waals surface area contributed by atoms with Gasteiger partial charge in [0.2, 0.25) is 0 Å². The molecule has 0 aliphatic rings. The molecule has 0 unspecified atom stereocenters. The lowest BCUT2D eigenvalue weighted by molar-refractivity contribution is 0.155. The Kier molecular flexibility index (Phi) is 5.31. The normalized spacial score (nSPS) is 10.2. The Balaban J connectivity index is 1.83. The molecular weight excluding hydrogens is 270 g/mol. The first-order chi connectivity index (χ1) is 10.2. The van der Waals surface area contributed by atoms with Gasteiger partial charge in [0.1, 0.15) is 6.61 Å². The van der Waals surface area contributed by atoms with Crippen LogP contribution in [0.15, 0.2) is 48.5 Å². The third-order valence-corrected chi connectivity index (χ3v) is 2.96. The average molecular weight is 287 g/mol. The molecule has 2 aromatic rings. The lowest BCUT2D eigenvalue weighted by Crippen LogP contribution is -2.13. The van der Waals surface area contributed by atoms with Crippen molar-refractivity contribution in [1.82, 2.24) is 0 Å². The van der Waals surface area contributed by atoms with Crippen LogP contribution in [0, 0.1) is 0 Å². The number of benzene rings is 2. The Morgan fingerprint density at radius 2 is 1.33 bits per heavy atom. The van der Waals surface area contributed by atoms with Crippen LogP contribution >= 0.6 is 0 Å². The van der Waals surface area contributed by atoms with E-state index < -0.39 is 6.09 Å². The highest BCUT2D eigenvalue weighted by atomic mass is 16.5. The molecule has 0 fully saturated rings. The van der Waals surface area contributed by atoms with Gasteiger partial charge in [-0.1, -0.05) is 36.4 Å². The maximum absolute atomic E-state index is 11.6. The van der Waals surface area contributed by atoms with Crippen LogP contribution in [-0.2, 0) is 24.6 Å². The Bertz CT molecular complexity index is 578. The van der Waals surface area contributed by atoms with Gasteiger partial charge in [-0.05, 0) is 28.8 Å². The minimum atomic E-state index is -0.544. The van der Waals surface area contributed by atoms with E-state index in [4.69, 9.17) is 14.9 Å². The number of carbonyl (C=O) groups is 1. The van der Waals surface area contributed by atoms with E-state index in [1.54, 1.807) is 48.5 Å². The van der Waals surface area contributed by atoms with Crippen LogP contribution in [0.4, 0.5) is 10.5 Å². The van der Waals surface area contributed by atoms with Gasteiger partial charge in [-0.3, -0.25) is 5.32 Å². The van der Waals surface area contributed by atoms with Gasteiger partial charge in [-0.2, -0.15) is 0 Å². The van der Waals surface area contributed by atoms with Crippen molar-refractivity contribution < 1.29 is 19.7 Å². The second-order valence-electron chi connectivity index (χ2n) is 4.53. The number of hydrogen-bond acceptors (Lipinski definition) is 4. The van der Waals surface area contributed by atoms with Crippen LogP contribution in [0.3, 0.4) is 0 Å². The van der Waals surface area contributed by atoms with Gasteiger partial charge in [0.15, 0.2) is 0 Å². The molecule has 0 atom stereocenters. The molecule has 1 amide bonds. The fourth-order valence-corrected chi connectivity index (χ4v) is 1.74. The first-order valence-corrected chi connectivity index (χ1v) is 6.53. The van der Waals surface area contributed by atoms with Gasteiger partial charge in [-0.15, -0.1) is 0 Å². The van der Waals surface area contributed by atoms with E-state index >= 15 is 0 Å². The van der Waals surface area contributed by atoms with Crippen LogP contribution in [-0.4, -0.2) is 16.3 Å². The standard InChI is InChI=1S/C16H17NO4/c18-9-12-1-3-14(4-2-12)11-21-16(20)17-15-7-5-13(10-19)6-8-15/h1-8,18-19H,9-11H2,(H,17,20). The largest absolute Gasteiger partial charge is 0.444 e.